The van der Waals surface area contributed by atoms with Gasteiger partial charge in [0.05, 0.1) is 13.7 Å². The molecular formula is C31H32FNO4Si. The molecule has 0 aliphatic heterocycles. The van der Waals surface area contributed by atoms with E-state index in [9.17, 15) is 9.18 Å². The van der Waals surface area contributed by atoms with Gasteiger partial charge in [0, 0.05) is 6.20 Å². The van der Waals surface area contributed by atoms with Crippen LogP contribution in [0.2, 0.25) is 5.04 Å². The number of methoxy groups -OCH3 is 1. The summed E-state index contributed by atoms with van der Waals surface area (Å²) in [6.45, 7) is 6.88. The molecule has 5 nitrogen and oxygen atoms in total. The van der Waals surface area contributed by atoms with Crippen LogP contribution in [0, 0.1) is 5.82 Å². The van der Waals surface area contributed by atoms with Gasteiger partial charge in [-0.05, 0) is 56.9 Å². The zero-order valence-corrected chi connectivity index (χ0v) is 23.1. The summed E-state index contributed by atoms with van der Waals surface area (Å²) in [6.07, 6.45) is 1.52. The zero-order valence-electron chi connectivity index (χ0n) is 22.1. The van der Waals surface area contributed by atoms with Crippen molar-refractivity contribution in [2.24, 2.45) is 0 Å². The first-order valence-corrected chi connectivity index (χ1v) is 14.3. The standard InChI is InChI=1S/C31H32FNO4Si/c1-31(2,3)38(26-12-7-5-8-13-26,27-14-9-6-10-15-27)37-22-24-18-23(19-25(32)20-24)21-36-29-28(30(34)35-4)16-11-17-33-29/h5-20H,21-22H2,1-4H3. The van der Waals surface area contributed by atoms with E-state index in [2.05, 4.69) is 50.0 Å². The minimum Gasteiger partial charge on any atom is -0.472 e. The van der Waals surface area contributed by atoms with Crippen LogP contribution in [0.1, 0.15) is 42.3 Å². The highest BCUT2D eigenvalue weighted by atomic mass is 28.4. The van der Waals surface area contributed by atoms with Crippen molar-refractivity contribution in [2.75, 3.05) is 7.11 Å². The van der Waals surface area contributed by atoms with E-state index in [4.69, 9.17) is 13.9 Å². The second-order valence-electron chi connectivity index (χ2n) is 10.1. The SMILES string of the molecule is COC(=O)c1cccnc1OCc1cc(F)cc(CO[Si](c2ccccc2)(c2ccccc2)C(C)(C)C)c1. The highest BCUT2D eigenvalue weighted by Crippen LogP contribution is 2.37. The molecule has 38 heavy (non-hydrogen) atoms. The molecule has 0 unspecified atom stereocenters. The van der Waals surface area contributed by atoms with Gasteiger partial charge in [0.25, 0.3) is 8.32 Å². The third-order valence-electron chi connectivity index (χ3n) is 6.44. The van der Waals surface area contributed by atoms with E-state index < -0.39 is 14.3 Å². The number of pyridine rings is 1. The predicted octanol–water partition coefficient (Wildman–Crippen LogP) is 5.66. The molecule has 0 amide bonds. The minimum atomic E-state index is -2.78. The number of carbonyl (C=O) groups excluding carboxylic acids is 1. The lowest BCUT2D eigenvalue weighted by Crippen LogP contribution is -2.66. The van der Waals surface area contributed by atoms with E-state index in [0.29, 0.717) is 11.1 Å². The molecule has 3 aromatic carbocycles. The van der Waals surface area contributed by atoms with Gasteiger partial charge in [-0.3, -0.25) is 0 Å². The minimum absolute atomic E-state index is 0.0327. The molecular weight excluding hydrogens is 497 g/mol. The zero-order chi connectivity index (χ0) is 27.2. The third kappa shape index (κ3) is 5.84. The average Bonchev–Trinajstić information content (AvgIpc) is 2.92. The predicted molar refractivity (Wildman–Crippen MR) is 149 cm³/mol. The Labute approximate surface area is 224 Å². The number of rotatable bonds is 9. The molecule has 196 valence electrons. The van der Waals surface area contributed by atoms with E-state index in [-0.39, 0.29) is 35.5 Å². The van der Waals surface area contributed by atoms with Crippen LogP contribution in [0.3, 0.4) is 0 Å². The van der Waals surface area contributed by atoms with Crippen molar-refractivity contribution < 1.29 is 23.1 Å². The fourth-order valence-electron chi connectivity index (χ4n) is 4.76. The molecule has 0 saturated heterocycles. The Kier molecular flexibility index (Phi) is 8.39. The summed E-state index contributed by atoms with van der Waals surface area (Å²) in [5.41, 5.74) is 1.51. The Hall–Kier alpha value is -3.81. The molecule has 0 atom stereocenters. The van der Waals surface area contributed by atoms with Crippen LogP contribution in [-0.2, 0) is 22.4 Å². The maximum Gasteiger partial charge on any atom is 0.343 e. The molecule has 1 heterocycles. The fraction of sp³-hybridized carbons (Fsp3) is 0.226. The quantitative estimate of drug-likeness (QED) is 0.207. The number of nitrogens with zero attached hydrogens (tertiary/aromatic N) is 1. The molecule has 7 heteroatoms. The average molecular weight is 530 g/mol. The first-order valence-electron chi connectivity index (χ1n) is 12.4. The topological polar surface area (TPSA) is 57.7 Å². The van der Waals surface area contributed by atoms with Crippen molar-refractivity contribution in [1.82, 2.24) is 4.98 Å². The fourth-order valence-corrected chi connectivity index (χ4v) is 9.30. The van der Waals surface area contributed by atoms with Crippen LogP contribution >= 0.6 is 0 Å². The summed E-state index contributed by atoms with van der Waals surface area (Å²) in [5, 5.41) is 2.12. The number of aromatic nitrogens is 1. The van der Waals surface area contributed by atoms with Crippen LogP contribution in [0.15, 0.2) is 97.2 Å². The first-order chi connectivity index (χ1) is 18.2. The second kappa shape index (κ2) is 11.7. The summed E-state index contributed by atoms with van der Waals surface area (Å²) in [5.74, 6) is -0.804. The summed E-state index contributed by atoms with van der Waals surface area (Å²) < 4.78 is 32.3. The number of ether oxygens (including phenoxy) is 2. The molecule has 4 aromatic rings. The van der Waals surface area contributed by atoms with E-state index in [1.807, 2.05) is 42.5 Å². The van der Waals surface area contributed by atoms with Crippen molar-refractivity contribution in [3.63, 3.8) is 0 Å². The van der Waals surface area contributed by atoms with Gasteiger partial charge < -0.3 is 13.9 Å². The maximum absolute atomic E-state index is 14.7. The van der Waals surface area contributed by atoms with E-state index in [1.54, 1.807) is 12.1 Å². The Bertz CT molecular complexity index is 1330. The Morgan fingerprint density at radius 1 is 0.842 bits per heavy atom. The highest BCUT2D eigenvalue weighted by Gasteiger charge is 2.50. The second-order valence-corrected chi connectivity index (χ2v) is 14.4. The molecule has 0 spiro atoms. The van der Waals surface area contributed by atoms with Gasteiger partial charge in [0.1, 0.15) is 18.0 Å². The molecule has 0 aliphatic rings. The van der Waals surface area contributed by atoms with Gasteiger partial charge in [-0.25, -0.2) is 14.2 Å². The number of esters is 1. The first kappa shape index (κ1) is 27.2. The lowest BCUT2D eigenvalue weighted by molar-refractivity contribution is 0.0594. The molecule has 0 N–H and O–H groups in total. The number of hydrogen-bond donors (Lipinski definition) is 0. The van der Waals surface area contributed by atoms with E-state index >= 15 is 0 Å². The molecule has 0 aliphatic carbocycles. The maximum atomic E-state index is 14.7. The van der Waals surface area contributed by atoms with Gasteiger partial charge in [0.2, 0.25) is 5.88 Å². The molecule has 0 fully saturated rings. The van der Waals surface area contributed by atoms with Gasteiger partial charge >= 0.3 is 5.97 Å². The monoisotopic (exact) mass is 529 g/mol. The van der Waals surface area contributed by atoms with Crippen LogP contribution in [0.4, 0.5) is 4.39 Å². The third-order valence-corrected chi connectivity index (χ3v) is 11.4. The summed E-state index contributed by atoms with van der Waals surface area (Å²) in [7, 11) is -1.48. The molecule has 4 rings (SSSR count). The van der Waals surface area contributed by atoms with Crippen LogP contribution in [0.5, 0.6) is 5.88 Å². The molecule has 1 aromatic heterocycles. The molecule has 0 saturated carbocycles. The van der Waals surface area contributed by atoms with Crippen molar-refractivity contribution >= 4 is 24.7 Å². The Balaban J connectivity index is 1.63. The van der Waals surface area contributed by atoms with Crippen LogP contribution in [-0.4, -0.2) is 26.4 Å². The van der Waals surface area contributed by atoms with Crippen molar-refractivity contribution in [1.29, 1.82) is 0 Å². The Morgan fingerprint density at radius 2 is 1.42 bits per heavy atom. The number of halogens is 1. The van der Waals surface area contributed by atoms with Crippen molar-refractivity contribution in [3.05, 3.63) is 120 Å². The lowest BCUT2D eigenvalue weighted by Gasteiger charge is -2.43. The molecule has 0 radical (unpaired) electrons. The van der Waals surface area contributed by atoms with E-state index in [0.717, 1.165) is 10.4 Å². The molecule has 0 bridgehead atoms. The van der Waals surface area contributed by atoms with Gasteiger partial charge in [-0.1, -0.05) is 81.4 Å². The lowest BCUT2D eigenvalue weighted by atomic mass is 10.1. The number of carbonyl (C=O) groups is 1. The normalized spacial score (nSPS) is 11.7. The van der Waals surface area contributed by atoms with Crippen molar-refractivity contribution in [2.45, 2.75) is 39.0 Å². The van der Waals surface area contributed by atoms with Gasteiger partial charge in [0.15, 0.2) is 0 Å². The largest absolute Gasteiger partial charge is 0.472 e. The highest BCUT2D eigenvalue weighted by molar-refractivity contribution is 6.99. The summed E-state index contributed by atoms with van der Waals surface area (Å²) >= 11 is 0. The summed E-state index contributed by atoms with van der Waals surface area (Å²) in [6, 6.07) is 28.6. The van der Waals surface area contributed by atoms with Crippen LogP contribution in [0.25, 0.3) is 0 Å². The Morgan fingerprint density at radius 3 is 1.97 bits per heavy atom. The van der Waals surface area contributed by atoms with E-state index in [1.165, 1.54) is 25.4 Å². The van der Waals surface area contributed by atoms with Gasteiger partial charge in [-0.2, -0.15) is 0 Å². The van der Waals surface area contributed by atoms with Crippen molar-refractivity contribution in [3.8, 4) is 5.88 Å². The number of benzene rings is 3. The van der Waals surface area contributed by atoms with Gasteiger partial charge in [-0.15, -0.1) is 0 Å². The van der Waals surface area contributed by atoms with Crippen LogP contribution < -0.4 is 15.1 Å². The smallest absolute Gasteiger partial charge is 0.343 e. The number of hydrogen-bond acceptors (Lipinski definition) is 5. The summed E-state index contributed by atoms with van der Waals surface area (Å²) in [4.78, 5) is 16.2.